The van der Waals surface area contributed by atoms with E-state index in [-0.39, 0.29) is 0 Å². The van der Waals surface area contributed by atoms with E-state index in [0.717, 1.165) is 18.5 Å². The van der Waals surface area contributed by atoms with Crippen molar-refractivity contribution < 1.29 is 0 Å². The Labute approximate surface area is 179 Å². The molecule has 6 aromatic rings. The van der Waals surface area contributed by atoms with E-state index in [0.29, 0.717) is 0 Å². The molecule has 144 valence electrons. The monoisotopic (exact) mass is 394 g/mol. The highest BCUT2D eigenvalue weighted by Crippen LogP contribution is 2.44. The zero-order valence-electron chi connectivity index (χ0n) is 16.9. The third kappa shape index (κ3) is 1.95. The Bertz CT molecular complexity index is 1740. The van der Waals surface area contributed by atoms with Crippen molar-refractivity contribution in [2.24, 2.45) is 0 Å². The third-order valence-corrected chi connectivity index (χ3v) is 7.27. The first-order valence-electron chi connectivity index (χ1n) is 10.9. The van der Waals surface area contributed by atoms with Crippen LogP contribution in [0.3, 0.4) is 0 Å². The summed E-state index contributed by atoms with van der Waals surface area (Å²) in [6, 6.07) is 27.2. The van der Waals surface area contributed by atoms with Crippen LogP contribution in [0.5, 0.6) is 0 Å². The molecule has 31 heavy (non-hydrogen) atoms. The van der Waals surface area contributed by atoms with Crippen LogP contribution in [0.1, 0.15) is 22.3 Å². The third-order valence-electron chi connectivity index (χ3n) is 7.27. The first-order chi connectivity index (χ1) is 15.3. The van der Waals surface area contributed by atoms with Gasteiger partial charge in [0.05, 0.1) is 5.52 Å². The van der Waals surface area contributed by atoms with Crippen LogP contribution >= 0.6 is 0 Å². The molecule has 0 spiro atoms. The molecule has 2 aliphatic carbocycles. The lowest BCUT2D eigenvalue weighted by Gasteiger charge is -2.13. The lowest BCUT2D eigenvalue weighted by molar-refractivity contribution is 1.23. The van der Waals surface area contributed by atoms with Gasteiger partial charge in [0.15, 0.2) is 0 Å². The minimum absolute atomic E-state index is 1.01. The average Bonchev–Trinajstić information content (AvgIpc) is 3.51. The van der Waals surface area contributed by atoms with Gasteiger partial charge in [-0.3, -0.25) is 4.40 Å². The van der Waals surface area contributed by atoms with E-state index in [1.54, 1.807) is 0 Å². The van der Waals surface area contributed by atoms with E-state index in [9.17, 15) is 0 Å². The van der Waals surface area contributed by atoms with Crippen molar-refractivity contribution >= 4 is 27.3 Å². The van der Waals surface area contributed by atoms with Crippen molar-refractivity contribution in [1.82, 2.24) is 9.38 Å². The van der Waals surface area contributed by atoms with Crippen LogP contribution in [-0.2, 0) is 12.8 Å². The molecule has 0 bridgehead atoms. The van der Waals surface area contributed by atoms with Gasteiger partial charge in [-0.2, -0.15) is 0 Å². The molecule has 2 nitrogen and oxygen atoms in total. The second-order valence-electron chi connectivity index (χ2n) is 8.87. The lowest BCUT2D eigenvalue weighted by atomic mass is 9.96. The molecule has 4 aromatic carbocycles. The molecule has 0 aliphatic heterocycles. The van der Waals surface area contributed by atoms with Crippen molar-refractivity contribution in [1.29, 1.82) is 0 Å². The second kappa shape index (κ2) is 5.41. The van der Waals surface area contributed by atoms with Crippen molar-refractivity contribution in [3.05, 3.63) is 107 Å². The zero-order valence-corrected chi connectivity index (χ0v) is 16.9. The molecule has 2 aliphatic rings. The Hall–Kier alpha value is -3.91. The van der Waals surface area contributed by atoms with Gasteiger partial charge in [-0.25, -0.2) is 4.98 Å². The number of nitrogens with zero attached hydrogens (tertiary/aromatic N) is 2. The Morgan fingerprint density at radius 2 is 1.23 bits per heavy atom. The number of fused-ring (bicyclic) bond motifs is 12. The largest absolute Gasteiger partial charge is 0.299 e. The molecule has 0 N–H and O–H groups in total. The number of pyridine rings is 1. The number of imidazole rings is 1. The van der Waals surface area contributed by atoms with Crippen molar-refractivity contribution in [2.75, 3.05) is 0 Å². The fraction of sp³-hybridized carbons (Fsp3) is 0.0690. The topological polar surface area (TPSA) is 17.3 Å². The van der Waals surface area contributed by atoms with Gasteiger partial charge in [-0.15, -0.1) is 0 Å². The summed E-state index contributed by atoms with van der Waals surface area (Å²) in [5.41, 5.74) is 13.5. The summed E-state index contributed by atoms with van der Waals surface area (Å²) in [4.78, 5) is 4.77. The summed E-state index contributed by atoms with van der Waals surface area (Å²) in [7, 11) is 0. The maximum absolute atomic E-state index is 4.77. The summed E-state index contributed by atoms with van der Waals surface area (Å²) in [6.45, 7) is 0. The first-order valence-corrected chi connectivity index (χ1v) is 10.9. The van der Waals surface area contributed by atoms with Gasteiger partial charge in [0.1, 0.15) is 5.65 Å². The molecule has 0 fully saturated rings. The molecular formula is C29H18N2. The first kappa shape index (κ1) is 15.9. The molecule has 8 rings (SSSR count). The van der Waals surface area contributed by atoms with Gasteiger partial charge in [0.2, 0.25) is 0 Å². The highest BCUT2D eigenvalue weighted by Gasteiger charge is 2.23. The van der Waals surface area contributed by atoms with Gasteiger partial charge in [0, 0.05) is 23.2 Å². The number of rotatable bonds is 0. The lowest BCUT2D eigenvalue weighted by Crippen LogP contribution is -1.94. The maximum Gasteiger partial charge on any atom is 0.145 e. The van der Waals surface area contributed by atoms with Crippen molar-refractivity contribution in [3.63, 3.8) is 0 Å². The molecule has 2 aromatic heterocycles. The summed E-state index contributed by atoms with van der Waals surface area (Å²) in [5.74, 6) is 0. The number of hydrogen-bond donors (Lipinski definition) is 0. The summed E-state index contributed by atoms with van der Waals surface area (Å²) >= 11 is 0. The molecular weight excluding hydrogens is 376 g/mol. The van der Waals surface area contributed by atoms with Gasteiger partial charge >= 0.3 is 0 Å². The standard InChI is InChI=1S/C29H18N2/c1-4-8-22-17(5-1)11-19-13-25-26-15-23-20(12-18-6-2-3-7-21(18)23)14-28(26)31-10-9-30-29(31)27(25)16-24(19)22/h1-10,13-16H,11-12H2. The Morgan fingerprint density at radius 3 is 1.97 bits per heavy atom. The van der Waals surface area contributed by atoms with E-state index in [1.807, 2.05) is 6.20 Å². The Balaban J connectivity index is 1.53. The molecule has 2 heterocycles. The van der Waals surface area contributed by atoms with Crippen LogP contribution in [-0.4, -0.2) is 9.38 Å². The maximum atomic E-state index is 4.77. The van der Waals surface area contributed by atoms with E-state index in [4.69, 9.17) is 4.98 Å². The van der Waals surface area contributed by atoms with Crippen LogP contribution in [0.15, 0.2) is 85.2 Å². The number of benzene rings is 4. The van der Waals surface area contributed by atoms with Gasteiger partial charge < -0.3 is 0 Å². The molecule has 0 amide bonds. The van der Waals surface area contributed by atoms with Crippen molar-refractivity contribution in [3.8, 4) is 22.3 Å². The second-order valence-corrected chi connectivity index (χ2v) is 8.87. The predicted molar refractivity (Wildman–Crippen MR) is 127 cm³/mol. The van der Waals surface area contributed by atoms with Crippen LogP contribution in [0.2, 0.25) is 0 Å². The van der Waals surface area contributed by atoms with E-state index >= 15 is 0 Å². The highest BCUT2D eigenvalue weighted by molar-refractivity contribution is 6.15. The van der Waals surface area contributed by atoms with E-state index in [1.165, 1.54) is 66.2 Å². The smallest absolute Gasteiger partial charge is 0.145 e. The average molecular weight is 394 g/mol. The van der Waals surface area contributed by atoms with Crippen LogP contribution in [0, 0.1) is 0 Å². The van der Waals surface area contributed by atoms with E-state index < -0.39 is 0 Å². The molecule has 0 saturated carbocycles. The fourth-order valence-electron chi connectivity index (χ4n) is 5.87. The van der Waals surface area contributed by atoms with Gasteiger partial charge in [0.25, 0.3) is 0 Å². The number of hydrogen-bond acceptors (Lipinski definition) is 1. The fourth-order valence-corrected chi connectivity index (χ4v) is 5.87. The highest BCUT2D eigenvalue weighted by atomic mass is 15.0. The molecule has 0 radical (unpaired) electrons. The normalized spacial score (nSPS) is 13.5. The van der Waals surface area contributed by atoms with Gasteiger partial charge in [-0.1, -0.05) is 48.5 Å². The van der Waals surface area contributed by atoms with Crippen LogP contribution < -0.4 is 0 Å². The van der Waals surface area contributed by atoms with Crippen LogP contribution in [0.25, 0.3) is 49.6 Å². The summed E-state index contributed by atoms with van der Waals surface area (Å²) in [5, 5.41) is 3.86. The van der Waals surface area contributed by atoms with Gasteiger partial charge in [-0.05, 0) is 87.0 Å². The Kier molecular flexibility index (Phi) is 2.77. The Morgan fingerprint density at radius 1 is 0.581 bits per heavy atom. The summed E-state index contributed by atoms with van der Waals surface area (Å²) < 4.78 is 2.27. The summed E-state index contributed by atoms with van der Waals surface area (Å²) in [6.07, 6.45) is 6.05. The SMILES string of the molecule is c1ccc2c(c1)Cc1cc3c(cc1-2)c1cc2c(cc1c1nccn31)-c1ccccc1C2. The minimum Gasteiger partial charge on any atom is -0.299 e. The zero-order chi connectivity index (χ0) is 20.1. The minimum atomic E-state index is 1.01. The number of aromatic nitrogens is 2. The predicted octanol–water partition coefficient (Wildman–Crippen LogP) is 6.78. The molecule has 0 unspecified atom stereocenters. The van der Waals surface area contributed by atoms with Crippen LogP contribution in [0.4, 0.5) is 0 Å². The van der Waals surface area contributed by atoms with Crippen molar-refractivity contribution in [2.45, 2.75) is 12.8 Å². The molecule has 2 heteroatoms. The van der Waals surface area contributed by atoms with E-state index in [2.05, 4.69) is 83.4 Å². The molecule has 0 saturated heterocycles. The molecule has 0 atom stereocenters. The quantitative estimate of drug-likeness (QED) is 0.259.